The number of hydrogen-bond donors (Lipinski definition) is 0. The summed E-state index contributed by atoms with van der Waals surface area (Å²) in [6.45, 7) is 8.98. The van der Waals surface area contributed by atoms with Gasteiger partial charge >= 0.3 is 6.03 Å². The van der Waals surface area contributed by atoms with E-state index in [9.17, 15) is 4.79 Å². The van der Waals surface area contributed by atoms with Gasteiger partial charge in [0.15, 0.2) is 0 Å². The van der Waals surface area contributed by atoms with Gasteiger partial charge in [0.1, 0.15) is 0 Å². The molecule has 0 saturated carbocycles. The summed E-state index contributed by atoms with van der Waals surface area (Å²) in [5, 5.41) is 0. The monoisotopic (exact) mass is 334 g/mol. The Hall–Kier alpha value is -0.810. The van der Waals surface area contributed by atoms with E-state index in [-0.39, 0.29) is 0 Å². The Labute approximate surface area is 146 Å². The molecule has 136 valence electrons. The zero-order valence-corrected chi connectivity index (χ0v) is 15.2. The highest BCUT2D eigenvalue weighted by atomic mass is 16.2. The van der Waals surface area contributed by atoms with Crippen LogP contribution in [0.1, 0.15) is 51.4 Å². The van der Waals surface area contributed by atoms with Gasteiger partial charge in [0.25, 0.3) is 0 Å². The van der Waals surface area contributed by atoms with Crippen molar-refractivity contribution in [2.75, 3.05) is 52.4 Å². The number of amides is 2. The summed E-state index contributed by atoms with van der Waals surface area (Å²) < 4.78 is 0. The van der Waals surface area contributed by atoms with E-state index < -0.39 is 0 Å². The number of likely N-dealkylation sites (tertiary alicyclic amines) is 4. The van der Waals surface area contributed by atoms with Gasteiger partial charge in [-0.15, -0.1) is 0 Å². The Kier molecular flexibility index (Phi) is 5.28. The van der Waals surface area contributed by atoms with Gasteiger partial charge < -0.3 is 19.6 Å². The molecule has 4 rings (SSSR count). The molecule has 4 fully saturated rings. The second-order valence-electron chi connectivity index (χ2n) is 8.21. The summed E-state index contributed by atoms with van der Waals surface area (Å²) >= 11 is 0. The third-order valence-electron chi connectivity index (χ3n) is 6.78. The van der Waals surface area contributed by atoms with Crippen molar-refractivity contribution < 1.29 is 4.79 Å². The minimum Gasteiger partial charge on any atom is -0.325 e. The van der Waals surface area contributed by atoms with Crippen LogP contribution in [0.2, 0.25) is 0 Å². The Bertz CT molecular complexity index is 377. The van der Waals surface area contributed by atoms with E-state index in [1.807, 2.05) is 0 Å². The highest BCUT2D eigenvalue weighted by Gasteiger charge is 2.33. The van der Waals surface area contributed by atoms with Crippen LogP contribution < -0.4 is 0 Å². The molecule has 0 N–H and O–H groups in total. The van der Waals surface area contributed by atoms with Crippen LogP contribution in [0.25, 0.3) is 0 Å². The maximum atomic E-state index is 12.8. The summed E-state index contributed by atoms with van der Waals surface area (Å²) in [5.41, 5.74) is 0. The minimum atomic E-state index is 0.315. The molecule has 4 heterocycles. The molecule has 0 aliphatic carbocycles. The normalized spacial score (nSPS) is 28.8. The molecular weight excluding hydrogens is 300 g/mol. The SMILES string of the molecule is O=C(N1CCC(N2CCCC2)CC1)N1CCC(N2CCCC2)CC1. The fraction of sp³-hybridized carbons (Fsp3) is 0.947. The van der Waals surface area contributed by atoms with Crippen LogP contribution in [0.5, 0.6) is 0 Å². The molecule has 5 heteroatoms. The molecule has 0 aromatic rings. The Morgan fingerprint density at radius 3 is 1.21 bits per heavy atom. The highest BCUT2D eigenvalue weighted by molar-refractivity contribution is 5.74. The van der Waals surface area contributed by atoms with E-state index in [1.54, 1.807) is 0 Å². The first kappa shape index (κ1) is 16.6. The van der Waals surface area contributed by atoms with Crippen LogP contribution in [0, 0.1) is 0 Å². The maximum Gasteiger partial charge on any atom is 0.320 e. The number of rotatable bonds is 2. The average molecular weight is 335 g/mol. The van der Waals surface area contributed by atoms with Gasteiger partial charge in [-0.25, -0.2) is 4.79 Å². The fourth-order valence-corrected chi connectivity index (χ4v) is 5.26. The predicted molar refractivity (Wildman–Crippen MR) is 96.2 cm³/mol. The van der Waals surface area contributed by atoms with Gasteiger partial charge in [-0.2, -0.15) is 0 Å². The lowest BCUT2D eigenvalue weighted by Crippen LogP contribution is -2.53. The zero-order chi connectivity index (χ0) is 16.4. The van der Waals surface area contributed by atoms with E-state index in [4.69, 9.17) is 0 Å². The van der Waals surface area contributed by atoms with Crippen molar-refractivity contribution in [3.8, 4) is 0 Å². The second kappa shape index (κ2) is 7.61. The molecule has 4 saturated heterocycles. The molecule has 4 aliphatic rings. The third-order valence-corrected chi connectivity index (χ3v) is 6.78. The first-order valence-corrected chi connectivity index (χ1v) is 10.3. The van der Waals surface area contributed by atoms with Crippen molar-refractivity contribution in [3.05, 3.63) is 0 Å². The molecule has 0 bridgehead atoms. The Morgan fingerprint density at radius 1 is 0.542 bits per heavy atom. The van der Waals surface area contributed by atoms with Crippen molar-refractivity contribution in [2.45, 2.75) is 63.5 Å². The predicted octanol–water partition coefficient (Wildman–Crippen LogP) is 2.23. The molecular formula is C19H34N4O. The fourth-order valence-electron chi connectivity index (χ4n) is 5.26. The minimum absolute atomic E-state index is 0.315. The molecule has 4 aliphatic heterocycles. The van der Waals surface area contributed by atoms with Crippen molar-refractivity contribution in [1.82, 2.24) is 19.6 Å². The van der Waals surface area contributed by atoms with Gasteiger partial charge in [0.2, 0.25) is 0 Å². The van der Waals surface area contributed by atoms with Crippen LogP contribution >= 0.6 is 0 Å². The molecule has 24 heavy (non-hydrogen) atoms. The van der Waals surface area contributed by atoms with Gasteiger partial charge in [0.05, 0.1) is 0 Å². The Morgan fingerprint density at radius 2 is 0.875 bits per heavy atom. The van der Waals surface area contributed by atoms with E-state index in [2.05, 4.69) is 19.6 Å². The summed E-state index contributed by atoms with van der Waals surface area (Å²) in [5.74, 6) is 0. The average Bonchev–Trinajstić information content (AvgIpc) is 3.35. The van der Waals surface area contributed by atoms with Crippen molar-refractivity contribution >= 4 is 6.03 Å². The largest absolute Gasteiger partial charge is 0.325 e. The van der Waals surface area contributed by atoms with Gasteiger partial charge in [-0.1, -0.05) is 0 Å². The lowest BCUT2D eigenvalue weighted by atomic mass is 10.0. The number of carbonyl (C=O) groups is 1. The number of urea groups is 1. The van der Waals surface area contributed by atoms with Crippen LogP contribution in [0.15, 0.2) is 0 Å². The summed E-state index contributed by atoms with van der Waals surface area (Å²) in [4.78, 5) is 22.4. The van der Waals surface area contributed by atoms with E-state index >= 15 is 0 Å². The molecule has 0 spiro atoms. The quantitative estimate of drug-likeness (QED) is 0.776. The highest BCUT2D eigenvalue weighted by Crippen LogP contribution is 2.24. The number of hydrogen-bond acceptors (Lipinski definition) is 3. The van der Waals surface area contributed by atoms with Crippen molar-refractivity contribution in [1.29, 1.82) is 0 Å². The van der Waals surface area contributed by atoms with Crippen LogP contribution in [-0.4, -0.2) is 90.1 Å². The van der Waals surface area contributed by atoms with Crippen LogP contribution in [0.4, 0.5) is 4.79 Å². The topological polar surface area (TPSA) is 30.0 Å². The number of carbonyl (C=O) groups excluding carboxylic acids is 1. The van der Waals surface area contributed by atoms with E-state index in [0.29, 0.717) is 6.03 Å². The lowest BCUT2D eigenvalue weighted by Gasteiger charge is -2.41. The second-order valence-corrected chi connectivity index (χ2v) is 8.21. The maximum absolute atomic E-state index is 12.8. The zero-order valence-electron chi connectivity index (χ0n) is 15.2. The van der Waals surface area contributed by atoms with E-state index in [0.717, 1.165) is 38.3 Å². The lowest BCUT2D eigenvalue weighted by molar-refractivity contribution is 0.0909. The van der Waals surface area contributed by atoms with Crippen molar-refractivity contribution in [3.63, 3.8) is 0 Å². The molecule has 0 aromatic carbocycles. The molecule has 5 nitrogen and oxygen atoms in total. The first-order chi connectivity index (χ1) is 11.8. The molecule has 0 atom stereocenters. The smallest absolute Gasteiger partial charge is 0.320 e. The number of nitrogens with zero attached hydrogens (tertiary/aromatic N) is 4. The molecule has 2 amide bonds. The van der Waals surface area contributed by atoms with Gasteiger partial charge in [-0.05, 0) is 77.5 Å². The summed E-state index contributed by atoms with van der Waals surface area (Å²) in [7, 11) is 0. The van der Waals surface area contributed by atoms with Crippen LogP contribution in [-0.2, 0) is 0 Å². The molecule has 0 aromatic heterocycles. The standard InChI is InChI=1S/C19H34N4O/c24-19(22-13-5-17(6-14-22)20-9-1-2-10-20)23-15-7-18(8-16-23)21-11-3-4-12-21/h17-18H,1-16H2. The molecule has 0 radical (unpaired) electrons. The summed E-state index contributed by atoms with van der Waals surface area (Å²) in [6.07, 6.45) is 10.2. The molecule has 0 unspecified atom stereocenters. The van der Waals surface area contributed by atoms with Gasteiger partial charge in [0, 0.05) is 38.3 Å². The van der Waals surface area contributed by atoms with Gasteiger partial charge in [-0.3, -0.25) is 0 Å². The Balaban J connectivity index is 1.22. The first-order valence-electron chi connectivity index (χ1n) is 10.3. The number of piperidine rings is 2. The van der Waals surface area contributed by atoms with Crippen molar-refractivity contribution in [2.24, 2.45) is 0 Å². The summed E-state index contributed by atoms with van der Waals surface area (Å²) in [6, 6.07) is 1.78. The third kappa shape index (κ3) is 3.57. The van der Waals surface area contributed by atoms with Crippen LogP contribution in [0.3, 0.4) is 0 Å². The van der Waals surface area contributed by atoms with E-state index in [1.165, 1.54) is 77.5 Å².